The van der Waals surface area contributed by atoms with Crippen LogP contribution in [0, 0.1) is 0 Å². The molecule has 0 radical (unpaired) electrons. The summed E-state index contributed by atoms with van der Waals surface area (Å²) in [5.41, 5.74) is 2.55. The van der Waals surface area contributed by atoms with Gasteiger partial charge in [-0.2, -0.15) is 0 Å². The zero-order chi connectivity index (χ0) is 11.7. The van der Waals surface area contributed by atoms with Gasteiger partial charge in [-0.3, -0.25) is 9.97 Å². The van der Waals surface area contributed by atoms with Crippen molar-refractivity contribution in [2.45, 2.75) is 25.8 Å². The molecule has 3 rings (SSSR count). The van der Waals surface area contributed by atoms with E-state index in [0.29, 0.717) is 6.04 Å². The molecule has 0 spiro atoms. The van der Waals surface area contributed by atoms with E-state index in [4.69, 9.17) is 4.52 Å². The molecule has 1 aliphatic heterocycles. The Hall–Kier alpha value is -1.75. The first-order valence-corrected chi connectivity index (χ1v) is 5.88. The van der Waals surface area contributed by atoms with Crippen LogP contribution in [0.3, 0.4) is 0 Å². The van der Waals surface area contributed by atoms with Crippen molar-refractivity contribution in [2.75, 3.05) is 6.54 Å². The van der Waals surface area contributed by atoms with Gasteiger partial charge in [0, 0.05) is 18.5 Å². The maximum atomic E-state index is 5.34. The third-order valence-corrected chi connectivity index (χ3v) is 3.05. The molecule has 1 fully saturated rings. The Bertz CT molecular complexity index is 519. The molecule has 0 aromatic carbocycles. The number of rotatable bonds is 3. The molecule has 1 saturated heterocycles. The lowest BCUT2D eigenvalue weighted by Crippen LogP contribution is -2.34. The third-order valence-electron chi connectivity index (χ3n) is 3.05. The lowest BCUT2D eigenvalue weighted by Gasteiger charge is -2.24. The fourth-order valence-corrected chi connectivity index (χ4v) is 1.94. The molecule has 1 unspecified atom stereocenters. The van der Waals surface area contributed by atoms with Gasteiger partial charge in [0.1, 0.15) is 11.4 Å². The first kappa shape index (κ1) is 10.4. The smallest absolute Gasteiger partial charge is 0.154 e. The highest BCUT2D eigenvalue weighted by atomic mass is 16.5. The molecule has 0 bridgehead atoms. The quantitative estimate of drug-likeness (QED) is 0.869. The summed E-state index contributed by atoms with van der Waals surface area (Å²) in [4.78, 5) is 8.63. The Morgan fingerprint density at radius 2 is 2.24 bits per heavy atom. The Kier molecular flexibility index (Phi) is 2.60. The second kappa shape index (κ2) is 4.25. The SMILES string of the molecule is CCc1nccnc1-c1cc(C2CCN2)on1. The summed E-state index contributed by atoms with van der Waals surface area (Å²) >= 11 is 0. The van der Waals surface area contributed by atoms with Crippen molar-refractivity contribution >= 4 is 0 Å². The predicted octanol–water partition coefficient (Wildman–Crippen LogP) is 1.73. The van der Waals surface area contributed by atoms with E-state index in [0.717, 1.165) is 42.2 Å². The van der Waals surface area contributed by atoms with E-state index in [9.17, 15) is 0 Å². The van der Waals surface area contributed by atoms with Crippen molar-refractivity contribution < 1.29 is 4.52 Å². The summed E-state index contributed by atoms with van der Waals surface area (Å²) in [5, 5.41) is 7.37. The summed E-state index contributed by atoms with van der Waals surface area (Å²) in [6.07, 6.45) is 5.34. The average Bonchev–Trinajstić information content (AvgIpc) is 2.76. The summed E-state index contributed by atoms with van der Waals surface area (Å²) in [7, 11) is 0. The van der Waals surface area contributed by atoms with Crippen molar-refractivity contribution in [3.05, 3.63) is 29.9 Å². The largest absolute Gasteiger partial charge is 0.359 e. The number of hydrogen-bond donors (Lipinski definition) is 1. The van der Waals surface area contributed by atoms with Crippen LogP contribution in [0.2, 0.25) is 0 Å². The van der Waals surface area contributed by atoms with Crippen LogP contribution >= 0.6 is 0 Å². The summed E-state index contributed by atoms with van der Waals surface area (Å²) < 4.78 is 5.34. The zero-order valence-electron chi connectivity index (χ0n) is 9.68. The summed E-state index contributed by atoms with van der Waals surface area (Å²) in [5.74, 6) is 0.888. The van der Waals surface area contributed by atoms with Crippen LogP contribution < -0.4 is 5.32 Å². The van der Waals surface area contributed by atoms with Crippen molar-refractivity contribution in [3.63, 3.8) is 0 Å². The minimum absolute atomic E-state index is 0.318. The predicted molar refractivity (Wildman–Crippen MR) is 62.3 cm³/mol. The molecule has 5 heteroatoms. The Balaban J connectivity index is 1.94. The number of nitrogens with zero attached hydrogens (tertiary/aromatic N) is 3. The molecule has 0 amide bonds. The molecule has 0 saturated carbocycles. The Morgan fingerprint density at radius 1 is 1.41 bits per heavy atom. The van der Waals surface area contributed by atoms with Crippen LogP contribution in [-0.4, -0.2) is 21.7 Å². The van der Waals surface area contributed by atoms with Gasteiger partial charge in [0.2, 0.25) is 0 Å². The van der Waals surface area contributed by atoms with Crippen LogP contribution in [0.1, 0.15) is 30.8 Å². The normalized spacial score (nSPS) is 19.0. The zero-order valence-corrected chi connectivity index (χ0v) is 9.68. The molecule has 2 aromatic heterocycles. The second-order valence-corrected chi connectivity index (χ2v) is 4.12. The lowest BCUT2D eigenvalue weighted by atomic mass is 10.0. The van der Waals surface area contributed by atoms with Crippen molar-refractivity contribution in [1.29, 1.82) is 0 Å². The van der Waals surface area contributed by atoms with E-state index in [2.05, 4.69) is 27.4 Å². The highest BCUT2D eigenvalue weighted by Gasteiger charge is 2.23. The molecule has 0 aliphatic carbocycles. The van der Waals surface area contributed by atoms with Gasteiger partial charge in [0.25, 0.3) is 0 Å². The van der Waals surface area contributed by atoms with E-state index >= 15 is 0 Å². The molecule has 1 atom stereocenters. The van der Waals surface area contributed by atoms with Gasteiger partial charge in [-0.1, -0.05) is 12.1 Å². The van der Waals surface area contributed by atoms with E-state index in [1.165, 1.54) is 0 Å². The maximum absolute atomic E-state index is 5.34. The van der Waals surface area contributed by atoms with E-state index < -0.39 is 0 Å². The molecule has 5 nitrogen and oxygen atoms in total. The number of aromatic nitrogens is 3. The van der Waals surface area contributed by atoms with Crippen LogP contribution in [-0.2, 0) is 6.42 Å². The molecular weight excluding hydrogens is 216 g/mol. The van der Waals surface area contributed by atoms with Gasteiger partial charge in [-0.05, 0) is 19.4 Å². The lowest BCUT2D eigenvalue weighted by molar-refractivity contribution is 0.282. The molecule has 88 valence electrons. The minimum atomic E-state index is 0.318. The third kappa shape index (κ3) is 1.82. The Morgan fingerprint density at radius 3 is 2.94 bits per heavy atom. The number of aryl methyl sites for hydroxylation is 1. The van der Waals surface area contributed by atoms with Crippen molar-refractivity contribution in [3.8, 4) is 11.4 Å². The molecular formula is C12H14N4O. The molecule has 2 aromatic rings. The van der Waals surface area contributed by atoms with Crippen LogP contribution in [0.4, 0.5) is 0 Å². The second-order valence-electron chi connectivity index (χ2n) is 4.12. The highest BCUT2D eigenvalue weighted by Crippen LogP contribution is 2.27. The first-order chi connectivity index (χ1) is 8.38. The summed E-state index contributed by atoms with van der Waals surface area (Å²) in [6.45, 7) is 3.11. The maximum Gasteiger partial charge on any atom is 0.154 e. The van der Waals surface area contributed by atoms with Gasteiger partial charge in [-0.15, -0.1) is 0 Å². The van der Waals surface area contributed by atoms with Crippen LogP contribution in [0.5, 0.6) is 0 Å². The standard InChI is InChI=1S/C12H14N4O/c1-2-8-12(15-6-5-14-8)10-7-11(17-16-10)9-3-4-13-9/h5-7,9,13H,2-4H2,1H3. The fourth-order valence-electron chi connectivity index (χ4n) is 1.94. The Labute approximate surface area is 99.3 Å². The highest BCUT2D eigenvalue weighted by molar-refractivity contribution is 5.56. The van der Waals surface area contributed by atoms with E-state index in [1.807, 2.05) is 6.07 Å². The fraction of sp³-hybridized carbons (Fsp3) is 0.417. The topological polar surface area (TPSA) is 63.8 Å². The van der Waals surface area contributed by atoms with Crippen LogP contribution in [0.25, 0.3) is 11.4 Å². The van der Waals surface area contributed by atoms with Gasteiger partial charge in [-0.25, -0.2) is 0 Å². The van der Waals surface area contributed by atoms with E-state index in [1.54, 1.807) is 12.4 Å². The molecule has 1 aliphatic rings. The summed E-state index contributed by atoms with van der Waals surface area (Å²) in [6, 6.07) is 2.28. The minimum Gasteiger partial charge on any atom is -0.359 e. The first-order valence-electron chi connectivity index (χ1n) is 5.88. The van der Waals surface area contributed by atoms with Gasteiger partial charge < -0.3 is 9.84 Å². The molecule has 1 N–H and O–H groups in total. The van der Waals surface area contributed by atoms with E-state index in [-0.39, 0.29) is 0 Å². The van der Waals surface area contributed by atoms with Crippen molar-refractivity contribution in [2.24, 2.45) is 0 Å². The monoisotopic (exact) mass is 230 g/mol. The number of nitrogens with one attached hydrogen (secondary N) is 1. The van der Waals surface area contributed by atoms with Gasteiger partial charge in [0.05, 0.1) is 11.7 Å². The van der Waals surface area contributed by atoms with Gasteiger partial charge in [0.15, 0.2) is 5.76 Å². The molecule has 17 heavy (non-hydrogen) atoms. The van der Waals surface area contributed by atoms with Gasteiger partial charge >= 0.3 is 0 Å². The average molecular weight is 230 g/mol. The molecule has 3 heterocycles. The number of hydrogen-bond acceptors (Lipinski definition) is 5. The van der Waals surface area contributed by atoms with Crippen molar-refractivity contribution in [1.82, 2.24) is 20.4 Å². The van der Waals surface area contributed by atoms with Crippen LogP contribution in [0.15, 0.2) is 23.0 Å².